The Balaban J connectivity index is 2.91. The van der Waals surface area contributed by atoms with Crippen LogP contribution >= 0.6 is 0 Å². The minimum Gasteiger partial charge on any atom is -0.396 e. The summed E-state index contributed by atoms with van der Waals surface area (Å²) in [7, 11) is 0. The lowest BCUT2D eigenvalue weighted by molar-refractivity contribution is 0.00407. The van der Waals surface area contributed by atoms with Gasteiger partial charge in [-0.3, -0.25) is 0 Å². The Morgan fingerprint density at radius 2 is 1.93 bits per heavy atom. The second kappa shape index (κ2) is 5.47. The molecule has 4 heteroatoms. The predicted molar refractivity (Wildman–Crippen MR) is 53.8 cm³/mol. The lowest BCUT2D eigenvalue weighted by Crippen LogP contribution is -2.20. The molecule has 0 radical (unpaired) electrons. The lowest BCUT2D eigenvalue weighted by atomic mass is 9.98. The summed E-state index contributed by atoms with van der Waals surface area (Å²) in [4.78, 5) is 0. The van der Waals surface area contributed by atoms with Crippen LogP contribution in [0.15, 0.2) is 24.3 Å². The van der Waals surface area contributed by atoms with Crippen molar-refractivity contribution in [1.29, 1.82) is 5.26 Å². The van der Waals surface area contributed by atoms with E-state index < -0.39 is 12.2 Å². The molecule has 0 amide bonds. The zero-order chi connectivity index (χ0) is 11.3. The number of nitriles is 1. The minimum atomic E-state index is -1.13. The van der Waals surface area contributed by atoms with Crippen molar-refractivity contribution in [3.63, 3.8) is 0 Å². The molecule has 0 heterocycles. The molecule has 1 rings (SSSR count). The van der Waals surface area contributed by atoms with Crippen LogP contribution in [-0.4, -0.2) is 28.0 Å². The highest BCUT2D eigenvalue weighted by atomic mass is 16.3. The van der Waals surface area contributed by atoms with Crippen molar-refractivity contribution in [1.82, 2.24) is 0 Å². The fourth-order valence-corrected chi connectivity index (χ4v) is 1.35. The standard InChI is InChI=1S/C11H13NO3/c12-7-8-3-1-2-4-9(8)11(15)10(14)5-6-13/h1-4,10-11,13-15H,5-6H2. The Bertz CT molecular complexity index is 359. The number of nitrogens with zero attached hydrogens (tertiary/aromatic N) is 1. The zero-order valence-electron chi connectivity index (χ0n) is 8.17. The van der Waals surface area contributed by atoms with Gasteiger partial charge < -0.3 is 15.3 Å². The van der Waals surface area contributed by atoms with Crippen LogP contribution in [0.1, 0.15) is 23.7 Å². The molecule has 15 heavy (non-hydrogen) atoms. The zero-order valence-corrected chi connectivity index (χ0v) is 8.17. The quantitative estimate of drug-likeness (QED) is 0.664. The smallest absolute Gasteiger partial charge is 0.106 e. The van der Waals surface area contributed by atoms with Crippen LogP contribution in [0.2, 0.25) is 0 Å². The van der Waals surface area contributed by atoms with Gasteiger partial charge in [-0.15, -0.1) is 0 Å². The van der Waals surface area contributed by atoms with E-state index in [0.717, 1.165) is 0 Å². The number of aliphatic hydroxyl groups excluding tert-OH is 3. The van der Waals surface area contributed by atoms with Gasteiger partial charge in [0.2, 0.25) is 0 Å². The molecule has 2 atom stereocenters. The van der Waals surface area contributed by atoms with E-state index in [1.54, 1.807) is 24.3 Å². The topological polar surface area (TPSA) is 84.5 Å². The molecule has 0 saturated carbocycles. The van der Waals surface area contributed by atoms with Crippen LogP contribution in [-0.2, 0) is 0 Å². The highest BCUT2D eigenvalue weighted by Gasteiger charge is 2.20. The van der Waals surface area contributed by atoms with Crippen molar-refractivity contribution < 1.29 is 15.3 Å². The average Bonchev–Trinajstić information content (AvgIpc) is 2.28. The molecular weight excluding hydrogens is 194 g/mol. The average molecular weight is 207 g/mol. The number of rotatable bonds is 4. The van der Waals surface area contributed by atoms with Crippen molar-refractivity contribution >= 4 is 0 Å². The summed E-state index contributed by atoms with van der Waals surface area (Å²) in [6.45, 7) is -0.201. The third-order valence-electron chi connectivity index (χ3n) is 2.19. The first-order valence-electron chi connectivity index (χ1n) is 4.66. The maximum absolute atomic E-state index is 9.72. The van der Waals surface area contributed by atoms with E-state index in [9.17, 15) is 10.2 Å². The van der Waals surface area contributed by atoms with Crippen molar-refractivity contribution in [3.05, 3.63) is 35.4 Å². The maximum atomic E-state index is 9.72. The molecule has 3 N–H and O–H groups in total. The summed E-state index contributed by atoms with van der Waals surface area (Å²) < 4.78 is 0. The van der Waals surface area contributed by atoms with Gasteiger partial charge in [-0.05, 0) is 12.5 Å². The van der Waals surface area contributed by atoms with E-state index in [2.05, 4.69) is 0 Å². The molecule has 1 aromatic carbocycles. The molecule has 0 spiro atoms. The Morgan fingerprint density at radius 1 is 1.27 bits per heavy atom. The predicted octanol–water partition coefficient (Wildman–Crippen LogP) is 0.335. The normalized spacial score (nSPS) is 14.3. The highest BCUT2D eigenvalue weighted by Crippen LogP contribution is 2.21. The molecular formula is C11H13NO3. The van der Waals surface area contributed by atoms with Gasteiger partial charge in [0.1, 0.15) is 6.10 Å². The number of benzene rings is 1. The number of hydrogen-bond acceptors (Lipinski definition) is 4. The Morgan fingerprint density at radius 3 is 2.53 bits per heavy atom. The summed E-state index contributed by atoms with van der Waals surface area (Å²) in [6.07, 6.45) is -2.10. The van der Waals surface area contributed by atoms with E-state index in [1.807, 2.05) is 6.07 Å². The third-order valence-corrected chi connectivity index (χ3v) is 2.19. The molecule has 0 saturated heterocycles. The van der Waals surface area contributed by atoms with Crippen molar-refractivity contribution in [2.24, 2.45) is 0 Å². The van der Waals surface area contributed by atoms with E-state index in [-0.39, 0.29) is 13.0 Å². The lowest BCUT2D eigenvalue weighted by Gasteiger charge is -2.17. The third kappa shape index (κ3) is 2.77. The summed E-state index contributed by atoms with van der Waals surface area (Å²) in [5.41, 5.74) is 0.725. The maximum Gasteiger partial charge on any atom is 0.106 e. The van der Waals surface area contributed by atoms with Crippen molar-refractivity contribution in [3.8, 4) is 6.07 Å². The Kier molecular flexibility index (Phi) is 4.25. The fraction of sp³-hybridized carbons (Fsp3) is 0.364. The van der Waals surface area contributed by atoms with Crippen LogP contribution in [0.4, 0.5) is 0 Å². The fourth-order valence-electron chi connectivity index (χ4n) is 1.35. The molecule has 4 nitrogen and oxygen atoms in total. The van der Waals surface area contributed by atoms with Crippen LogP contribution in [0.5, 0.6) is 0 Å². The van der Waals surface area contributed by atoms with Crippen LogP contribution in [0, 0.1) is 11.3 Å². The highest BCUT2D eigenvalue weighted by molar-refractivity contribution is 5.39. The summed E-state index contributed by atoms with van der Waals surface area (Å²) in [6, 6.07) is 8.47. The van der Waals surface area contributed by atoms with Crippen LogP contribution in [0.3, 0.4) is 0 Å². The van der Waals surface area contributed by atoms with Gasteiger partial charge >= 0.3 is 0 Å². The van der Waals surface area contributed by atoms with Crippen molar-refractivity contribution in [2.75, 3.05) is 6.61 Å². The molecule has 0 fully saturated rings. The van der Waals surface area contributed by atoms with Gasteiger partial charge in [-0.1, -0.05) is 18.2 Å². The summed E-state index contributed by atoms with van der Waals surface area (Å²) in [5, 5.41) is 36.6. The largest absolute Gasteiger partial charge is 0.396 e. The Labute approximate surface area is 88.0 Å². The molecule has 0 aliphatic heterocycles. The monoisotopic (exact) mass is 207 g/mol. The first-order valence-corrected chi connectivity index (χ1v) is 4.66. The first kappa shape index (κ1) is 11.7. The van der Waals surface area contributed by atoms with Crippen LogP contribution in [0.25, 0.3) is 0 Å². The van der Waals surface area contributed by atoms with Crippen LogP contribution < -0.4 is 0 Å². The molecule has 80 valence electrons. The van der Waals surface area contributed by atoms with Gasteiger partial charge in [0.25, 0.3) is 0 Å². The van der Waals surface area contributed by atoms with Gasteiger partial charge in [0.05, 0.1) is 17.7 Å². The number of aliphatic hydroxyl groups is 3. The van der Waals surface area contributed by atoms with Gasteiger partial charge in [-0.25, -0.2) is 0 Å². The van der Waals surface area contributed by atoms with E-state index in [1.165, 1.54) is 0 Å². The van der Waals surface area contributed by atoms with E-state index in [4.69, 9.17) is 10.4 Å². The van der Waals surface area contributed by atoms with E-state index >= 15 is 0 Å². The summed E-state index contributed by atoms with van der Waals surface area (Å²) >= 11 is 0. The molecule has 0 aliphatic rings. The molecule has 1 aromatic rings. The van der Waals surface area contributed by atoms with Gasteiger partial charge in [0.15, 0.2) is 0 Å². The number of hydrogen-bond donors (Lipinski definition) is 3. The Hall–Kier alpha value is -1.41. The second-order valence-corrected chi connectivity index (χ2v) is 3.22. The second-order valence-electron chi connectivity index (χ2n) is 3.22. The van der Waals surface area contributed by atoms with Gasteiger partial charge in [-0.2, -0.15) is 5.26 Å². The summed E-state index contributed by atoms with van der Waals surface area (Å²) in [5.74, 6) is 0. The van der Waals surface area contributed by atoms with Gasteiger partial charge in [0, 0.05) is 12.2 Å². The molecule has 0 bridgehead atoms. The SMILES string of the molecule is N#Cc1ccccc1C(O)C(O)CCO. The molecule has 2 unspecified atom stereocenters. The first-order chi connectivity index (χ1) is 7.20. The van der Waals surface area contributed by atoms with Crippen molar-refractivity contribution in [2.45, 2.75) is 18.6 Å². The minimum absolute atomic E-state index is 0.0843. The molecule has 0 aliphatic carbocycles. The van der Waals surface area contributed by atoms with E-state index in [0.29, 0.717) is 11.1 Å². The molecule has 0 aromatic heterocycles.